The number of hydrogen-bond acceptors (Lipinski definition) is 5. The predicted octanol–water partition coefficient (Wildman–Crippen LogP) is 4.54. The molecule has 160 valence electrons. The molecule has 30 heavy (non-hydrogen) atoms. The van der Waals surface area contributed by atoms with Gasteiger partial charge in [-0.05, 0) is 62.0 Å². The zero-order valence-corrected chi connectivity index (χ0v) is 18.5. The quantitative estimate of drug-likeness (QED) is 0.723. The summed E-state index contributed by atoms with van der Waals surface area (Å²) in [5, 5.41) is 8.23. The van der Waals surface area contributed by atoms with Crippen molar-refractivity contribution in [1.29, 1.82) is 0 Å². The van der Waals surface area contributed by atoms with Gasteiger partial charge in [0.05, 0.1) is 35.9 Å². The molecule has 6 rings (SSSR count). The Morgan fingerprint density at radius 1 is 1.13 bits per heavy atom. The van der Waals surface area contributed by atoms with E-state index in [0.29, 0.717) is 34.0 Å². The predicted molar refractivity (Wildman–Crippen MR) is 113 cm³/mol. The minimum absolute atomic E-state index is 0.0230. The Morgan fingerprint density at radius 3 is 2.43 bits per heavy atom. The number of nitrogens with one attached hydrogen (secondary N) is 1. The maximum absolute atomic E-state index is 13.7. The maximum Gasteiger partial charge on any atom is 0.242 e. The fraction of sp³-hybridized carbons (Fsp3) is 0.571. The Labute approximate surface area is 185 Å². The SMILES string of the molecule is COc1cc(NC(=O)C23C[C@@H]4C[C@@H](C2)CC(n2cnc(Cl)n2)(C4)C3)c(OC)cc1Cl. The molecule has 4 aliphatic rings. The Kier molecular flexibility index (Phi) is 4.67. The van der Waals surface area contributed by atoms with Gasteiger partial charge >= 0.3 is 0 Å². The fourth-order valence-electron chi connectivity index (χ4n) is 6.43. The van der Waals surface area contributed by atoms with Crippen LogP contribution in [-0.4, -0.2) is 34.9 Å². The summed E-state index contributed by atoms with van der Waals surface area (Å²) >= 11 is 12.2. The number of ether oxygens (including phenoxy) is 2. The third-order valence-corrected chi connectivity index (χ3v) is 7.65. The average molecular weight is 451 g/mol. The van der Waals surface area contributed by atoms with Crippen LogP contribution in [0, 0.1) is 17.3 Å². The third-order valence-electron chi connectivity index (χ3n) is 7.18. The number of carbonyl (C=O) groups excluding carboxylic acids is 1. The third kappa shape index (κ3) is 3.05. The minimum Gasteiger partial charge on any atom is -0.495 e. The molecular weight excluding hydrogens is 427 g/mol. The molecule has 4 fully saturated rings. The van der Waals surface area contributed by atoms with Crippen molar-refractivity contribution < 1.29 is 14.3 Å². The summed E-state index contributed by atoms with van der Waals surface area (Å²) in [5.41, 5.74) is -0.0682. The van der Waals surface area contributed by atoms with Crippen LogP contribution in [0.5, 0.6) is 11.5 Å². The highest BCUT2D eigenvalue weighted by Gasteiger charge is 2.61. The van der Waals surface area contributed by atoms with E-state index >= 15 is 0 Å². The lowest BCUT2D eigenvalue weighted by atomic mass is 9.46. The molecule has 2 atom stereocenters. The molecule has 0 saturated heterocycles. The van der Waals surface area contributed by atoms with E-state index in [1.54, 1.807) is 32.7 Å². The van der Waals surface area contributed by atoms with Gasteiger partial charge in [0.15, 0.2) is 0 Å². The lowest BCUT2D eigenvalue weighted by Gasteiger charge is -2.60. The van der Waals surface area contributed by atoms with Crippen LogP contribution in [0.2, 0.25) is 10.3 Å². The lowest BCUT2D eigenvalue weighted by molar-refractivity contribution is -0.150. The average Bonchev–Trinajstić information content (AvgIpc) is 3.15. The number of carbonyl (C=O) groups is 1. The summed E-state index contributed by atoms with van der Waals surface area (Å²) in [6, 6.07) is 3.38. The van der Waals surface area contributed by atoms with Gasteiger partial charge in [-0.3, -0.25) is 4.79 Å². The molecule has 9 heteroatoms. The molecular formula is C21H24Cl2N4O3. The van der Waals surface area contributed by atoms with E-state index in [2.05, 4.69) is 15.4 Å². The van der Waals surface area contributed by atoms with Crippen LogP contribution in [0.3, 0.4) is 0 Å². The second kappa shape index (κ2) is 7.02. The molecule has 0 aliphatic heterocycles. The highest BCUT2D eigenvalue weighted by molar-refractivity contribution is 6.32. The van der Waals surface area contributed by atoms with Crippen LogP contribution in [0.15, 0.2) is 18.5 Å². The Hall–Kier alpha value is -1.99. The summed E-state index contributed by atoms with van der Waals surface area (Å²) in [7, 11) is 3.10. The van der Waals surface area contributed by atoms with E-state index in [4.69, 9.17) is 32.7 Å². The molecule has 4 bridgehead atoms. The van der Waals surface area contributed by atoms with Crippen molar-refractivity contribution >= 4 is 34.8 Å². The summed E-state index contributed by atoms with van der Waals surface area (Å²) in [4.78, 5) is 17.8. The van der Waals surface area contributed by atoms with Gasteiger partial charge in [-0.25, -0.2) is 9.67 Å². The highest BCUT2D eigenvalue weighted by atomic mass is 35.5. The Balaban J connectivity index is 1.48. The monoisotopic (exact) mass is 450 g/mol. The van der Waals surface area contributed by atoms with Crippen LogP contribution in [0.4, 0.5) is 5.69 Å². The molecule has 7 nitrogen and oxygen atoms in total. The summed E-state index contributed by atoms with van der Waals surface area (Å²) in [6.07, 6.45) is 7.47. The molecule has 1 N–H and O–H groups in total. The molecule has 0 unspecified atom stereocenters. The second-order valence-electron chi connectivity index (χ2n) is 9.07. The Morgan fingerprint density at radius 2 is 1.83 bits per heavy atom. The van der Waals surface area contributed by atoms with Crippen molar-refractivity contribution in [2.24, 2.45) is 17.3 Å². The molecule has 1 aromatic carbocycles. The van der Waals surface area contributed by atoms with Gasteiger partial charge in [0.2, 0.25) is 11.2 Å². The van der Waals surface area contributed by atoms with Gasteiger partial charge in [0.1, 0.15) is 17.8 Å². The number of rotatable bonds is 5. The van der Waals surface area contributed by atoms with Crippen LogP contribution in [-0.2, 0) is 10.3 Å². The van der Waals surface area contributed by atoms with Crippen molar-refractivity contribution in [3.8, 4) is 11.5 Å². The van der Waals surface area contributed by atoms with Crippen LogP contribution >= 0.6 is 23.2 Å². The summed E-state index contributed by atoms with van der Waals surface area (Å²) in [6.45, 7) is 0. The molecule has 0 spiro atoms. The van der Waals surface area contributed by atoms with E-state index in [1.807, 2.05) is 4.68 Å². The van der Waals surface area contributed by atoms with Gasteiger partial charge in [-0.15, -0.1) is 5.10 Å². The second-order valence-corrected chi connectivity index (χ2v) is 9.81. The molecule has 1 amide bonds. The van der Waals surface area contributed by atoms with Gasteiger partial charge in [-0.2, -0.15) is 0 Å². The summed E-state index contributed by atoms with van der Waals surface area (Å²) < 4.78 is 12.7. The molecule has 4 saturated carbocycles. The number of aromatic nitrogens is 3. The number of amides is 1. The minimum atomic E-state index is -0.444. The van der Waals surface area contributed by atoms with Crippen molar-refractivity contribution in [3.05, 3.63) is 28.8 Å². The summed E-state index contributed by atoms with van der Waals surface area (Å²) in [5.74, 6) is 2.03. The standard InChI is InChI=1S/C21H24Cl2N4O3/c1-29-16-5-15(17(30-2)4-14(16)22)25-18(28)20-6-12-3-13(7-20)9-21(8-12,10-20)27-11-24-19(23)26-27/h4-5,11-13H,3,6-10H2,1-2H3,(H,25,28)/t12-,13-,20?,21?/m0/s1. The van der Waals surface area contributed by atoms with Crippen LogP contribution < -0.4 is 14.8 Å². The number of methoxy groups -OCH3 is 2. The number of benzene rings is 1. The number of halogens is 2. The smallest absolute Gasteiger partial charge is 0.242 e. The normalized spacial score (nSPS) is 31.6. The Bertz CT molecular complexity index is 994. The topological polar surface area (TPSA) is 78.3 Å². The zero-order valence-electron chi connectivity index (χ0n) is 17.0. The van der Waals surface area contributed by atoms with Gasteiger partial charge in [0.25, 0.3) is 0 Å². The van der Waals surface area contributed by atoms with E-state index < -0.39 is 5.41 Å². The van der Waals surface area contributed by atoms with Crippen molar-refractivity contribution in [2.45, 2.75) is 44.1 Å². The van der Waals surface area contributed by atoms with E-state index in [9.17, 15) is 4.79 Å². The van der Waals surface area contributed by atoms with Crippen molar-refractivity contribution in [2.75, 3.05) is 19.5 Å². The van der Waals surface area contributed by atoms with E-state index in [0.717, 1.165) is 32.1 Å². The van der Waals surface area contributed by atoms with Gasteiger partial charge in [-0.1, -0.05) is 11.6 Å². The van der Waals surface area contributed by atoms with Crippen molar-refractivity contribution in [3.63, 3.8) is 0 Å². The molecule has 1 aromatic heterocycles. The van der Waals surface area contributed by atoms with Gasteiger partial charge in [0, 0.05) is 12.1 Å². The lowest BCUT2D eigenvalue weighted by Crippen LogP contribution is -2.60. The number of hydrogen-bond donors (Lipinski definition) is 1. The van der Waals surface area contributed by atoms with E-state index in [-0.39, 0.29) is 16.7 Å². The van der Waals surface area contributed by atoms with Gasteiger partial charge < -0.3 is 14.8 Å². The molecule has 2 aromatic rings. The van der Waals surface area contributed by atoms with E-state index in [1.165, 1.54) is 6.42 Å². The highest BCUT2D eigenvalue weighted by Crippen LogP contribution is 2.64. The van der Waals surface area contributed by atoms with Crippen LogP contribution in [0.1, 0.15) is 38.5 Å². The maximum atomic E-state index is 13.7. The molecule has 1 heterocycles. The van der Waals surface area contributed by atoms with Crippen molar-refractivity contribution in [1.82, 2.24) is 14.8 Å². The van der Waals surface area contributed by atoms with Crippen LogP contribution in [0.25, 0.3) is 0 Å². The first-order valence-corrected chi connectivity index (χ1v) is 10.9. The molecule has 4 aliphatic carbocycles. The first-order chi connectivity index (χ1) is 14.4. The first-order valence-electron chi connectivity index (χ1n) is 10.2. The number of nitrogens with zero attached hydrogens (tertiary/aromatic N) is 3. The largest absolute Gasteiger partial charge is 0.495 e. The molecule has 0 radical (unpaired) electrons. The zero-order chi connectivity index (χ0) is 21.1. The first kappa shape index (κ1) is 19.9. The number of anilines is 1. The fourth-order valence-corrected chi connectivity index (χ4v) is 6.79.